The van der Waals surface area contributed by atoms with Crippen molar-refractivity contribution in [3.05, 3.63) is 17.9 Å². The molecule has 13 heavy (non-hydrogen) atoms. The van der Waals surface area contributed by atoms with E-state index in [1.54, 1.807) is 0 Å². The van der Waals surface area contributed by atoms with Crippen molar-refractivity contribution in [2.45, 2.75) is 25.0 Å². The fourth-order valence-electron chi connectivity index (χ4n) is 1.55. The number of nitrogens with one attached hydrogen (secondary N) is 1. The van der Waals surface area contributed by atoms with Crippen LogP contribution < -0.4 is 5.32 Å². The molecule has 0 saturated carbocycles. The Morgan fingerprint density at radius 3 is 3.15 bits per heavy atom. The molecular weight excluding hydrogens is 182 g/mol. The molecule has 1 aliphatic rings. The number of thioether (sulfide) groups is 1. The molecule has 3 heteroatoms. The van der Waals surface area contributed by atoms with Crippen LogP contribution in [0, 0.1) is 6.92 Å². The second-order valence-electron chi connectivity index (χ2n) is 3.43. The summed E-state index contributed by atoms with van der Waals surface area (Å²) in [5.41, 5.74) is 0. The first kappa shape index (κ1) is 9.00. The van der Waals surface area contributed by atoms with Crippen molar-refractivity contribution in [2.24, 2.45) is 0 Å². The summed E-state index contributed by atoms with van der Waals surface area (Å²) in [6.07, 6.45) is 2.71. The third-order valence-electron chi connectivity index (χ3n) is 2.27. The monoisotopic (exact) mass is 197 g/mol. The Labute approximate surface area is 83.1 Å². The van der Waals surface area contributed by atoms with Gasteiger partial charge >= 0.3 is 0 Å². The van der Waals surface area contributed by atoms with E-state index in [1.807, 2.05) is 19.1 Å². The molecule has 1 N–H and O–H groups in total. The van der Waals surface area contributed by atoms with E-state index in [4.69, 9.17) is 4.42 Å². The lowest BCUT2D eigenvalue weighted by Crippen LogP contribution is -2.12. The molecule has 0 aliphatic carbocycles. The minimum Gasteiger partial charge on any atom is -0.446 e. The minimum absolute atomic E-state index is 0.783. The van der Waals surface area contributed by atoms with Gasteiger partial charge in [-0.05, 0) is 31.6 Å². The standard InChI is InChI=1S/C10H15NOS/c1-8-4-5-10(12-8)11-7-9-3-2-6-13-9/h4-5,9,11H,2-3,6-7H2,1H3. The summed E-state index contributed by atoms with van der Waals surface area (Å²) in [5, 5.41) is 4.10. The van der Waals surface area contributed by atoms with Crippen LogP contribution >= 0.6 is 11.8 Å². The zero-order valence-corrected chi connectivity index (χ0v) is 8.69. The van der Waals surface area contributed by atoms with Crippen molar-refractivity contribution >= 4 is 17.6 Å². The minimum atomic E-state index is 0.783. The first-order valence-electron chi connectivity index (χ1n) is 4.76. The Hall–Kier alpha value is -0.570. The lowest BCUT2D eigenvalue weighted by Gasteiger charge is -2.08. The molecule has 1 aliphatic heterocycles. The van der Waals surface area contributed by atoms with E-state index in [1.165, 1.54) is 18.6 Å². The number of aryl methyl sites for hydroxylation is 1. The second kappa shape index (κ2) is 4.09. The Kier molecular flexibility index (Phi) is 2.83. The molecule has 1 unspecified atom stereocenters. The van der Waals surface area contributed by atoms with Crippen molar-refractivity contribution in [1.82, 2.24) is 0 Å². The van der Waals surface area contributed by atoms with Gasteiger partial charge in [0, 0.05) is 17.9 Å². The van der Waals surface area contributed by atoms with E-state index in [-0.39, 0.29) is 0 Å². The zero-order valence-electron chi connectivity index (χ0n) is 7.88. The van der Waals surface area contributed by atoms with Gasteiger partial charge in [0.2, 0.25) is 0 Å². The molecule has 1 aromatic rings. The quantitative estimate of drug-likeness (QED) is 0.806. The fraction of sp³-hybridized carbons (Fsp3) is 0.600. The number of anilines is 1. The van der Waals surface area contributed by atoms with E-state index in [9.17, 15) is 0 Å². The molecule has 2 nitrogen and oxygen atoms in total. The predicted octanol–water partition coefficient (Wildman–Crippen LogP) is 2.90. The molecule has 0 bridgehead atoms. The maximum absolute atomic E-state index is 5.42. The molecule has 1 atom stereocenters. The molecule has 2 heterocycles. The topological polar surface area (TPSA) is 25.2 Å². The first-order valence-corrected chi connectivity index (χ1v) is 5.81. The summed E-state index contributed by atoms with van der Waals surface area (Å²) >= 11 is 2.06. The third kappa shape index (κ3) is 2.44. The number of hydrogen-bond donors (Lipinski definition) is 1. The van der Waals surface area contributed by atoms with Crippen LogP contribution in [0.5, 0.6) is 0 Å². The van der Waals surface area contributed by atoms with Gasteiger partial charge in [0.1, 0.15) is 5.76 Å². The SMILES string of the molecule is Cc1ccc(NCC2CCCS2)o1. The molecule has 2 rings (SSSR count). The number of hydrogen-bond acceptors (Lipinski definition) is 3. The molecule has 0 aromatic carbocycles. The van der Waals surface area contributed by atoms with Crippen molar-refractivity contribution in [2.75, 3.05) is 17.6 Å². The van der Waals surface area contributed by atoms with Gasteiger partial charge in [0.25, 0.3) is 0 Å². The van der Waals surface area contributed by atoms with Gasteiger partial charge in [-0.15, -0.1) is 0 Å². The van der Waals surface area contributed by atoms with Crippen LogP contribution in [0.3, 0.4) is 0 Å². The van der Waals surface area contributed by atoms with E-state index in [0.29, 0.717) is 0 Å². The molecule has 72 valence electrons. The third-order valence-corrected chi connectivity index (χ3v) is 3.67. The molecule has 0 radical (unpaired) electrons. The summed E-state index contributed by atoms with van der Waals surface area (Å²) in [6.45, 7) is 3.01. The lowest BCUT2D eigenvalue weighted by atomic mass is 10.2. The van der Waals surface area contributed by atoms with E-state index >= 15 is 0 Å². The highest BCUT2D eigenvalue weighted by Gasteiger charge is 2.15. The number of rotatable bonds is 3. The van der Waals surface area contributed by atoms with E-state index < -0.39 is 0 Å². The highest BCUT2D eigenvalue weighted by molar-refractivity contribution is 8.00. The highest BCUT2D eigenvalue weighted by Crippen LogP contribution is 2.26. The van der Waals surface area contributed by atoms with Gasteiger partial charge in [-0.25, -0.2) is 0 Å². The molecular formula is C10H15NOS. The fourth-order valence-corrected chi connectivity index (χ4v) is 2.75. The predicted molar refractivity (Wildman–Crippen MR) is 57.4 cm³/mol. The Morgan fingerprint density at radius 2 is 2.54 bits per heavy atom. The van der Waals surface area contributed by atoms with Crippen molar-refractivity contribution in [3.63, 3.8) is 0 Å². The van der Waals surface area contributed by atoms with Crippen LogP contribution in [0.1, 0.15) is 18.6 Å². The molecule has 1 aromatic heterocycles. The van der Waals surface area contributed by atoms with E-state index in [0.717, 1.165) is 23.4 Å². The van der Waals surface area contributed by atoms with Gasteiger partial charge in [-0.3, -0.25) is 0 Å². The normalized spacial score (nSPS) is 22.1. The highest BCUT2D eigenvalue weighted by atomic mass is 32.2. The van der Waals surface area contributed by atoms with E-state index in [2.05, 4.69) is 17.1 Å². The van der Waals surface area contributed by atoms with Crippen molar-refractivity contribution in [1.29, 1.82) is 0 Å². The first-order chi connectivity index (χ1) is 6.34. The smallest absolute Gasteiger partial charge is 0.193 e. The van der Waals surface area contributed by atoms with Crippen molar-refractivity contribution < 1.29 is 4.42 Å². The molecule has 0 spiro atoms. The van der Waals surface area contributed by atoms with Crippen LogP contribution in [0.4, 0.5) is 5.88 Å². The van der Waals surface area contributed by atoms with Gasteiger partial charge in [0.15, 0.2) is 5.88 Å². The Morgan fingerprint density at radius 1 is 1.62 bits per heavy atom. The van der Waals surface area contributed by atoms with Crippen LogP contribution in [0.25, 0.3) is 0 Å². The Bertz CT molecular complexity index is 266. The van der Waals surface area contributed by atoms with Gasteiger partial charge in [0.05, 0.1) is 0 Å². The summed E-state index contributed by atoms with van der Waals surface area (Å²) in [6, 6.07) is 3.99. The Balaban J connectivity index is 1.78. The average Bonchev–Trinajstić information content (AvgIpc) is 2.71. The van der Waals surface area contributed by atoms with Crippen LogP contribution in [0.15, 0.2) is 16.5 Å². The molecule has 1 fully saturated rings. The second-order valence-corrected chi connectivity index (χ2v) is 4.83. The average molecular weight is 197 g/mol. The summed E-state index contributed by atoms with van der Waals surface area (Å²) < 4.78 is 5.42. The summed E-state index contributed by atoms with van der Waals surface area (Å²) in [4.78, 5) is 0. The van der Waals surface area contributed by atoms with Crippen LogP contribution in [-0.2, 0) is 0 Å². The number of furan rings is 1. The largest absolute Gasteiger partial charge is 0.446 e. The van der Waals surface area contributed by atoms with Crippen LogP contribution in [0.2, 0.25) is 0 Å². The van der Waals surface area contributed by atoms with Gasteiger partial charge in [-0.2, -0.15) is 11.8 Å². The maximum atomic E-state index is 5.42. The summed E-state index contributed by atoms with van der Waals surface area (Å²) in [7, 11) is 0. The lowest BCUT2D eigenvalue weighted by molar-refractivity contribution is 0.545. The maximum Gasteiger partial charge on any atom is 0.193 e. The van der Waals surface area contributed by atoms with Crippen molar-refractivity contribution in [3.8, 4) is 0 Å². The van der Waals surface area contributed by atoms with Crippen LogP contribution in [-0.4, -0.2) is 17.5 Å². The molecule has 0 amide bonds. The van der Waals surface area contributed by atoms with Gasteiger partial charge < -0.3 is 9.73 Å². The molecule has 1 saturated heterocycles. The summed E-state index contributed by atoms with van der Waals surface area (Å²) in [5.74, 6) is 3.20. The van der Waals surface area contributed by atoms with Gasteiger partial charge in [-0.1, -0.05) is 0 Å². The zero-order chi connectivity index (χ0) is 9.10.